The third kappa shape index (κ3) is 4.19. The van der Waals surface area contributed by atoms with Crippen LogP contribution in [0.25, 0.3) is 0 Å². The van der Waals surface area contributed by atoms with E-state index in [0.29, 0.717) is 12.1 Å². The second-order valence-electron chi connectivity index (χ2n) is 4.61. The Morgan fingerprint density at radius 2 is 1.96 bits per heavy atom. The van der Waals surface area contributed by atoms with Crippen molar-refractivity contribution < 1.29 is 14.4 Å². The quantitative estimate of drug-likeness (QED) is 0.482. The Bertz CT molecular complexity index is 702. The van der Waals surface area contributed by atoms with Crippen LogP contribution in [-0.2, 0) is 6.54 Å². The van der Waals surface area contributed by atoms with Gasteiger partial charge in [-0.15, -0.1) is 0 Å². The van der Waals surface area contributed by atoms with Gasteiger partial charge in [0, 0.05) is 11.6 Å². The van der Waals surface area contributed by atoms with Crippen LogP contribution in [-0.4, -0.2) is 25.4 Å². The molecule has 7 nitrogen and oxygen atoms in total. The molecule has 0 unspecified atom stereocenters. The fourth-order valence-electron chi connectivity index (χ4n) is 2.03. The van der Waals surface area contributed by atoms with E-state index in [4.69, 9.17) is 9.47 Å². The maximum atomic E-state index is 11.1. The summed E-state index contributed by atoms with van der Waals surface area (Å²) < 4.78 is 10.2. The van der Waals surface area contributed by atoms with Gasteiger partial charge in [0.05, 0.1) is 31.9 Å². The van der Waals surface area contributed by atoms with Crippen molar-refractivity contribution in [1.29, 1.82) is 0 Å². The molecule has 0 saturated heterocycles. The molecule has 0 aliphatic rings. The van der Waals surface area contributed by atoms with Crippen LogP contribution in [0, 0.1) is 10.1 Å². The van der Waals surface area contributed by atoms with E-state index in [9.17, 15) is 10.1 Å². The molecule has 2 rings (SSSR count). The van der Waals surface area contributed by atoms with Crippen molar-refractivity contribution in [2.75, 3.05) is 14.2 Å². The van der Waals surface area contributed by atoms with Gasteiger partial charge in [-0.25, -0.2) is 0 Å². The minimum absolute atomic E-state index is 0.0897. The van der Waals surface area contributed by atoms with Crippen molar-refractivity contribution in [2.45, 2.75) is 6.54 Å². The van der Waals surface area contributed by atoms with Crippen LogP contribution in [0.3, 0.4) is 0 Å². The van der Waals surface area contributed by atoms with Gasteiger partial charge < -0.3 is 14.9 Å². The van der Waals surface area contributed by atoms with Gasteiger partial charge >= 0.3 is 5.69 Å². The minimum Gasteiger partial charge on any atom is -0.493 e. The molecule has 0 atom stereocenters. The molecule has 0 aromatic heterocycles. The monoisotopic (exact) mass is 315 g/mol. The maximum absolute atomic E-state index is 11.1. The fraction of sp³-hybridized carbons (Fsp3) is 0.188. The van der Waals surface area contributed by atoms with E-state index in [2.05, 4.69) is 10.5 Å². The summed E-state index contributed by atoms with van der Waals surface area (Å²) in [5.41, 5.74) is 4.35. The third-order valence-corrected chi connectivity index (χ3v) is 3.11. The molecular weight excluding hydrogens is 298 g/mol. The fourth-order valence-corrected chi connectivity index (χ4v) is 2.03. The molecule has 1 N–H and O–H groups in total. The van der Waals surface area contributed by atoms with Gasteiger partial charge in [-0.05, 0) is 11.6 Å². The van der Waals surface area contributed by atoms with Crippen LogP contribution >= 0.6 is 0 Å². The molecule has 0 aliphatic carbocycles. The molecule has 0 bridgehead atoms. The number of methoxy groups -OCH3 is 2. The second-order valence-corrected chi connectivity index (χ2v) is 4.61. The van der Waals surface area contributed by atoms with Gasteiger partial charge in [-0.3, -0.25) is 10.1 Å². The molecule has 0 heterocycles. The molecular formula is C16H17N3O4. The highest BCUT2D eigenvalue weighted by Crippen LogP contribution is 2.37. The van der Waals surface area contributed by atoms with Crippen LogP contribution in [0.2, 0.25) is 0 Å². The van der Waals surface area contributed by atoms with Crippen molar-refractivity contribution >= 4 is 11.9 Å². The Balaban J connectivity index is 2.14. The van der Waals surface area contributed by atoms with Crippen LogP contribution in [0.1, 0.15) is 11.1 Å². The molecule has 23 heavy (non-hydrogen) atoms. The molecule has 0 aliphatic heterocycles. The maximum Gasteiger partial charge on any atom is 0.315 e. The van der Waals surface area contributed by atoms with Gasteiger partial charge in [0.1, 0.15) is 0 Å². The third-order valence-electron chi connectivity index (χ3n) is 3.11. The average molecular weight is 315 g/mol. The first-order chi connectivity index (χ1) is 11.2. The van der Waals surface area contributed by atoms with Gasteiger partial charge in [0.25, 0.3) is 0 Å². The Morgan fingerprint density at radius 1 is 1.22 bits per heavy atom. The van der Waals surface area contributed by atoms with Crippen LogP contribution in [0.4, 0.5) is 5.69 Å². The van der Waals surface area contributed by atoms with Crippen LogP contribution in [0.15, 0.2) is 47.6 Å². The Hall–Kier alpha value is -3.09. The van der Waals surface area contributed by atoms with Crippen LogP contribution in [0.5, 0.6) is 11.5 Å². The van der Waals surface area contributed by atoms with Crippen molar-refractivity contribution in [1.82, 2.24) is 5.43 Å². The van der Waals surface area contributed by atoms with Crippen molar-refractivity contribution in [3.05, 3.63) is 63.7 Å². The second kappa shape index (κ2) is 7.79. The molecule has 0 radical (unpaired) electrons. The van der Waals surface area contributed by atoms with Crippen molar-refractivity contribution in [3.63, 3.8) is 0 Å². The zero-order valence-corrected chi connectivity index (χ0v) is 12.9. The predicted molar refractivity (Wildman–Crippen MR) is 87.1 cm³/mol. The van der Waals surface area contributed by atoms with Gasteiger partial charge in [0.2, 0.25) is 5.75 Å². The van der Waals surface area contributed by atoms with Gasteiger partial charge in [0.15, 0.2) is 5.75 Å². The number of nitro benzene ring substituents is 1. The van der Waals surface area contributed by atoms with Crippen molar-refractivity contribution in [2.24, 2.45) is 5.10 Å². The van der Waals surface area contributed by atoms with Gasteiger partial charge in [-0.2, -0.15) is 5.10 Å². The number of ether oxygens (including phenoxy) is 2. The summed E-state index contributed by atoms with van der Waals surface area (Å²) in [7, 11) is 2.79. The molecule has 0 fully saturated rings. The zero-order chi connectivity index (χ0) is 16.7. The number of hydrogen-bond donors (Lipinski definition) is 1. The lowest BCUT2D eigenvalue weighted by Gasteiger charge is -2.08. The summed E-state index contributed by atoms with van der Waals surface area (Å²) in [6.07, 6.45) is 1.50. The summed E-state index contributed by atoms with van der Waals surface area (Å²) in [6.45, 7) is 0.562. The first kappa shape index (κ1) is 16.3. The number of nitrogens with zero attached hydrogens (tertiary/aromatic N) is 2. The average Bonchev–Trinajstić information content (AvgIpc) is 2.58. The molecule has 7 heteroatoms. The van der Waals surface area contributed by atoms with E-state index in [0.717, 1.165) is 5.56 Å². The number of nitro groups is 1. The zero-order valence-electron chi connectivity index (χ0n) is 12.9. The normalized spacial score (nSPS) is 10.5. The van der Waals surface area contributed by atoms with E-state index >= 15 is 0 Å². The number of benzene rings is 2. The highest BCUT2D eigenvalue weighted by Gasteiger charge is 2.20. The lowest BCUT2D eigenvalue weighted by Crippen LogP contribution is -2.05. The number of hydrazone groups is 1. The van der Waals surface area contributed by atoms with Crippen LogP contribution < -0.4 is 14.9 Å². The number of hydrogen-bond acceptors (Lipinski definition) is 6. The summed E-state index contributed by atoms with van der Waals surface area (Å²) in [4.78, 5) is 10.6. The largest absolute Gasteiger partial charge is 0.493 e. The number of nitrogens with one attached hydrogen (secondary N) is 1. The molecule has 0 saturated carbocycles. The Kier molecular flexibility index (Phi) is 5.51. The van der Waals surface area contributed by atoms with E-state index < -0.39 is 4.92 Å². The molecule has 2 aromatic carbocycles. The lowest BCUT2D eigenvalue weighted by atomic mass is 10.2. The van der Waals surface area contributed by atoms with E-state index in [-0.39, 0.29) is 17.2 Å². The minimum atomic E-state index is -0.518. The Morgan fingerprint density at radius 3 is 2.57 bits per heavy atom. The van der Waals surface area contributed by atoms with E-state index in [1.54, 1.807) is 6.07 Å². The van der Waals surface area contributed by atoms with Crippen molar-refractivity contribution in [3.8, 4) is 11.5 Å². The first-order valence-electron chi connectivity index (χ1n) is 6.86. The van der Waals surface area contributed by atoms with E-state index in [1.165, 1.54) is 26.5 Å². The summed E-state index contributed by atoms with van der Waals surface area (Å²) >= 11 is 0. The topological polar surface area (TPSA) is 86.0 Å². The molecule has 0 spiro atoms. The first-order valence-corrected chi connectivity index (χ1v) is 6.86. The highest BCUT2D eigenvalue weighted by atomic mass is 16.6. The Labute approximate surface area is 133 Å². The SMILES string of the molecule is COc1cc(C=NNCc2ccccc2)cc([N+](=O)[O-])c1OC. The summed E-state index contributed by atoms with van der Waals surface area (Å²) in [6, 6.07) is 12.8. The molecule has 120 valence electrons. The lowest BCUT2D eigenvalue weighted by molar-refractivity contribution is -0.385. The smallest absolute Gasteiger partial charge is 0.315 e. The molecule has 2 aromatic rings. The highest BCUT2D eigenvalue weighted by molar-refractivity contribution is 5.83. The van der Waals surface area contributed by atoms with E-state index in [1.807, 2.05) is 30.3 Å². The van der Waals surface area contributed by atoms with Gasteiger partial charge in [-0.1, -0.05) is 30.3 Å². The standard InChI is InChI=1S/C16H17N3O4/c1-22-15-9-13(8-14(19(20)21)16(15)23-2)11-18-17-10-12-6-4-3-5-7-12/h3-9,11,17H,10H2,1-2H3. The predicted octanol–water partition coefficient (Wildman–Crippen LogP) is 2.74. The molecule has 0 amide bonds. The summed E-state index contributed by atoms with van der Waals surface area (Å²) in [5, 5.41) is 15.2. The number of rotatable bonds is 7. The summed E-state index contributed by atoms with van der Waals surface area (Å²) in [5.74, 6) is 0.373.